The van der Waals surface area contributed by atoms with Crippen LogP contribution >= 0.6 is 0 Å². The molecule has 0 amide bonds. The smallest absolute Gasteiger partial charge is 0.296 e. The van der Waals surface area contributed by atoms with Crippen molar-refractivity contribution in [2.24, 2.45) is 17.8 Å². The molecule has 2 aliphatic rings. The summed E-state index contributed by atoms with van der Waals surface area (Å²) in [6, 6.07) is 6.93. The molecule has 0 aliphatic heterocycles. The zero-order valence-corrected chi connectivity index (χ0v) is 17.3. The number of para-hydroxylation sites is 1. The Morgan fingerprint density at radius 1 is 1.04 bits per heavy atom. The fraction of sp³-hybridized carbons (Fsp3) is 0.714. The Morgan fingerprint density at radius 3 is 2.35 bits per heavy atom. The highest BCUT2D eigenvalue weighted by atomic mass is 32.2. The van der Waals surface area contributed by atoms with Gasteiger partial charge in [0.25, 0.3) is 10.1 Å². The van der Waals surface area contributed by atoms with E-state index in [9.17, 15) is 13.0 Å². The minimum atomic E-state index is -4.19. The van der Waals surface area contributed by atoms with E-state index in [-0.39, 0.29) is 10.9 Å². The van der Waals surface area contributed by atoms with Crippen molar-refractivity contribution < 1.29 is 13.0 Å². The van der Waals surface area contributed by atoms with Crippen LogP contribution in [0.25, 0.3) is 0 Å². The van der Waals surface area contributed by atoms with Crippen molar-refractivity contribution in [3.63, 3.8) is 0 Å². The predicted octanol–water partition coefficient (Wildman–Crippen LogP) is 5.76. The third-order valence-corrected chi connectivity index (χ3v) is 6.62. The Bertz CT molecular complexity index is 653. The van der Waals surface area contributed by atoms with Gasteiger partial charge in [0.15, 0.2) is 0 Å². The summed E-state index contributed by atoms with van der Waals surface area (Å²) in [6.07, 6.45) is 10.3. The minimum absolute atomic E-state index is 0.0180. The van der Waals surface area contributed by atoms with Crippen LogP contribution in [0, 0.1) is 17.8 Å². The summed E-state index contributed by atoms with van der Waals surface area (Å²) in [6.45, 7) is 6.30. The molecule has 2 fully saturated rings. The third-order valence-electron chi connectivity index (χ3n) is 5.71. The van der Waals surface area contributed by atoms with Crippen molar-refractivity contribution in [2.45, 2.75) is 83.1 Å². The first-order chi connectivity index (χ1) is 12.4. The first-order valence-electron chi connectivity index (χ1n) is 10.2. The summed E-state index contributed by atoms with van der Waals surface area (Å²) in [4.78, 5) is -0.0180. The van der Waals surface area contributed by atoms with Gasteiger partial charge in [0.05, 0.1) is 5.69 Å². The molecule has 3 atom stereocenters. The van der Waals surface area contributed by atoms with E-state index in [0.29, 0.717) is 11.6 Å². The van der Waals surface area contributed by atoms with Crippen molar-refractivity contribution in [3.05, 3.63) is 24.3 Å². The van der Waals surface area contributed by atoms with E-state index in [1.54, 1.807) is 18.2 Å². The van der Waals surface area contributed by atoms with Crippen LogP contribution in [0.4, 0.5) is 5.69 Å². The molecule has 2 N–H and O–H groups in total. The van der Waals surface area contributed by atoms with Gasteiger partial charge in [0.2, 0.25) is 0 Å². The number of anilines is 1. The largest absolute Gasteiger partial charge is 0.381 e. The van der Waals surface area contributed by atoms with Crippen LogP contribution in [0.15, 0.2) is 29.2 Å². The maximum Gasteiger partial charge on any atom is 0.296 e. The lowest BCUT2D eigenvalue weighted by Gasteiger charge is -2.35. The zero-order valence-electron chi connectivity index (χ0n) is 16.4. The lowest BCUT2D eigenvalue weighted by Crippen LogP contribution is -2.32. The highest BCUT2D eigenvalue weighted by molar-refractivity contribution is 7.86. The van der Waals surface area contributed by atoms with Gasteiger partial charge in [0.1, 0.15) is 4.90 Å². The molecule has 0 spiro atoms. The van der Waals surface area contributed by atoms with Gasteiger partial charge in [-0.05, 0) is 55.6 Å². The van der Waals surface area contributed by atoms with E-state index in [0.717, 1.165) is 24.7 Å². The highest BCUT2D eigenvalue weighted by Crippen LogP contribution is 2.39. The van der Waals surface area contributed by atoms with Crippen molar-refractivity contribution >= 4 is 15.8 Å². The summed E-state index contributed by atoms with van der Waals surface area (Å²) in [5, 5.41) is 3.40. The molecule has 26 heavy (non-hydrogen) atoms. The van der Waals surface area contributed by atoms with Gasteiger partial charge in [-0.25, -0.2) is 0 Å². The summed E-state index contributed by atoms with van der Waals surface area (Å²) in [7, 11) is -4.19. The van der Waals surface area contributed by atoms with Crippen LogP contribution in [0.3, 0.4) is 0 Å². The fourth-order valence-corrected chi connectivity index (χ4v) is 5.46. The van der Waals surface area contributed by atoms with Crippen LogP contribution in [0.1, 0.15) is 72.1 Å². The van der Waals surface area contributed by atoms with Gasteiger partial charge in [0, 0.05) is 6.04 Å². The van der Waals surface area contributed by atoms with Crippen molar-refractivity contribution in [1.29, 1.82) is 0 Å². The Morgan fingerprint density at radius 2 is 1.69 bits per heavy atom. The van der Waals surface area contributed by atoms with Gasteiger partial charge in [-0.1, -0.05) is 58.6 Å². The molecular formula is C21H35NO3S. The summed E-state index contributed by atoms with van der Waals surface area (Å²) in [5.41, 5.74) is 0.527. The topological polar surface area (TPSA) is 66.4 Å². The Balaban J connectivity index is 0.00000117. The monoisotopic (exact) mass is 381 g/mol. The number of hydrogen-bond acceptors (Lipinski definition) is 3. The van der Waals surface area contributed by atoms with Gasteiger partial charge < -0.3 is 5.32 Å². The zero-order chi connectivity index (χ0) is 19.2. The van der Waals surface area contributed by atoms with Gasteiger partial charge in [-0.15, -0.1) is 0 Å². The van der Waals surface area contributed by atoms with E-state index in [2.05, 4.69) is 12.2 Å². The molecule has 0 saturated heterocycles. The van der Waals surface area contributed by atoms with Gasteiger partial charge in [-0.3, -0.25) is 4.55 Å². The van der Waals surface area contributed by atoms with Crippen LogP contribution in [-0.4, -0.2) is 19.0 Å². The predicted molar refractivity (Wildman–Crippen MR) is 108 cm³/mol. The van der Waals surface area contributed by atoms with E-state index < -0.39 is 10.1 Å². The van der Waals surface area contributed by atoms with Crippen molar-refractivity contribution in [2.75, 3.05) is 5.32 Å². The van der Waals surface area contributed by atoms with Crippen LogP contribution in [-0.2, 0) is 10.1 Å². The molecule has 148 valence electrons. The lowest BCUT2D eigenvalue weighted by atomic mass is 9.75. The highest BCUT2D eigenvalue weighted by Gasteiger charge is 2.30. The Labute approximate surface area is 159 Å². The maximum atomic E-state index is 11.6. The molecule has 2 saturated carbocycles. The second-order valence-electron chi connectivity index (χ2n) is 7.88. The molecule has 0 bridgehead atoms. The molecule has 1 aromatic carbocycles. The molecule has 5 heteroatoms. The average molecular weight is 382 g/mol. The molecule has 0 aromatic heterocycles. The van der Waals surface area contributed by atoms with Gasteiger partial charge in [-0.2, -0.15) is 8.42 Å². The van der Waals surface area contributed by atoms with Crippen LogP contribution in [0.5, 0.6) is 0 Å². The Hall–Kier alpha value is -1.07. The lowest BCUT2D eigenvalue weighted by molar-refractivity contribution is 0.225. The average Bonchev–Trinajstić information content (AvgIpc) is 3.08. The van der Waals surface area contributed by atoms with E-state index in [1.807, 2.05) is 13.8 Å². The van der Waals surface area contributed by atoms with E-state index in [1.165, 1.54) is 44.6 Å². The minimum Gasteiger partial charge on any atom is -0.381 e. The van der Waals surface area contributed by atoms with E-state index >= 15 is 0 Å². The summed E-state index contributed by atoms with van der Waals surface area (Å²) < 4.78 is 32.6. The molecule has 0 heterocycles. The maximum absolute atomic E-state index is 11.6. The summed E-state index contributed by atoms with van der Waals surface area (Å²) >= 11 is 0. The van der Waals surface area contributed by atoms with Crippen LogP contribution < -0.4 is 5.32 Å². The molecule has 3 rings (SSSR count). The SMILES string of the molecule is CC.CC1CC(CC2CCCC2)CC(Nc2ccccc2S(=O)(=O)O)C1. The third kappa shape index (κ3) is 5.98. The number of hydrogen-bond donors (Lipinski definition) is 2. The Kier molecular flexibility index (Phi) is 7.96. The van der Waals surface area contributed by atoms with Crippen molar-refractivity contribution in [3.8, 4) is 0 Å². The molecule has 1 aromatic rings. The second kappa shape index (κ2) is 9.75. The fourth-order valence-electron chi connectivity index (χ4n) is 4.80. The summed E-state index contributed by atoms with van der Waals surface area (Å²) in [5.74, 6) is 2.28. The number of rotatable bonds is 5. The molecule has 4 nitrogen and oxygen atoms in total. The van der Waals surface area contributed by atoms with E-state index in [4.69, 9.17) is 0 Å². The quantitative estimate of drug-likeness (QED) is 0.637. The second-order valence-corrected chi connectivity index (χ2v) is 9.27. The molecular weight excluding hydrogens is 346 g/mol. The molecule has 0 radical (unpaired) electrons. The number of nitrogens with one attached hydrogen (secondary N) is 1. The van der Waals surface area contributed by atoms with Crippen molar-refractivity contribution in [1.82, 2.24) is 0 Å². The molecule has 3 unspecified atom stereocenters. The number of benzene rings is 1. The first-order valence-corrected chi connectivity index (χ1v) is 11.7. The first kappa shape index (κ1) is 21.2. The normalized spacial score (nSPS) is 26.8. The standard InChI is InChI=1S/C19H29NO3S.C2H6/c1-14-10-16(12-15-6-2-3-7-15)13-17(11-14)20-18-8-4-5-9-19(18)24(21,22)23;1-2/h4-5,8-9,14-17,20H,2-3,6-7,10-13H2,1H3,(H,21,22,23);1-2H3. The van der Waals surface area contributed by atoms with Gasteiger partial charge >= 0.3 is 0 Å². The van der Waals surface area contributed by atoms with Crippen LogP contribution in [0.2, 0.25) is 0 Å². The molecule has 2 aliphatic carbocycles.